The summed E-state index contributed by atoms with van der Waals surface area (Å²) in [5.41, 5.74) is 7.09. The van der Waals surface area contributed by atoms with Crippen molar-refractivity contribution in [2.75, 3.05) is 19.9 Å². The first-order valence-electron chi connectivity index (χ1n) is 6.23. The minimum absolute atomic E-state index is 0. The predicted molar refractivity (Wildman–Crippen MR) is 86.7 cm³/mol. The predicted octanol–water partition coefficient (Wildman–Crippen LogP) is 2.92. The second-order valence-electron chi connectivity index (χ2n) is 4.66. The van der Waals surface area contributed by atoms with Gasteiger partial charge in [-0.05, 0) is 13.0 Å². The van der Waals surface area contributed by atoms with E-state index in [4.69, 9.17) is 26.6 Å². The molecular formula is C14H17Cl2N3O3. The average molecular weight is 346 g/mol. The number of aryl methyl sites for hydroxylation is 1. The molecule has 1 aromatic carbocycles. The highest BCUT2D eigenvalue weighted by molar-refractivity contribution is 6.33. The summed E-state index contributed by atoms with van der Waals surface area (Å²) < 4.78 is 10.2. The summed E-state index contributed by atoms with van der Waals surface area (Å²) in [4.78, 5) is 14.0. The zero-order valence-electron chi connectivity index (χ0n) is 12.4. The Morgan fingerprint density at radius 3 is 2.68 bits per heavy atom. The Hall–Kier alpha value is -1.92. The van der Waals surface area contributed by atoms with E-state index in [1.54, 1.807) is 20.0 Å². The molecule has 6 nitrogen and oxygen atoms in total. The Kier molecular flexibility index (Phi) is 6.08. The number of carbonyl (C=O) groups is 1. The number of rotatable bonds is 4. The number of hydrogen-bond acceptors (Lipinski definition) is 5. The van der Waals surface area contributed by atoms with Crippen LogP contribution in [0.4, 0.5) is 5.69 Å². The Morgan fingerprint density at radius 1 is 1.45 bits per heavy atom. The summed E-state index contributed by atoms with van der Waals surface area (Å²) in [5.74, 6) is 0.832. The fourth-order valence-electron chi connectivity index (χ4n) is 1.92. The molecule has 0 saturated heterocycles. The number of nitrogens with zero attached hydrogens (tertiary/aromatic N) is 2. The molecule has 0 bridgehead atoms. The van der Waals surface area contributed by atoms with Crippen LogP contribution in [0.1, 0.15) is 21.8 Å². The fourth-order valence-corrected chi connectivity index (χ4v) is 2.08. The lowest BCUT2D eigenvalue weighted by molar-refractivity contribution is 0.0779. The van der Waals surface area contributed by atoms with E-state index in [9.17, 15) is 4.79 Å². The van der Waals surface area contributed by atoms with Gasteiger partial charge in [-0.1, -0.05) is 16.8 Å². The number of halogens is 2. The topological polar surface area (TPSA) is 81.6 Å². The number of nitrogen functional groups attached to an aromatic ring is 1. The van der Waals surface area contributed by atoms with E-state index >= 15 is 0 Å². The van der Waals surface area contributed by atoms with Gasteiger partial charge in [0.05, 0.1) is 29.9 Å². The summed E-state index contributed by atoms with van der Waals surface area (Å²) in [6.07, 6.45) is 0. The van der Waals surface area contributed by atoms with Crippen molar-refractivity contribution in [2.45, 2.75) is 13.5 Å². The van der Waals surface area contributed by atoms with Gasteiger partial charge in [-0.15, -0.1) is 12.4 Å². The van der Waals surface area contributed by atoms with Crippen molar-refractivity contribution < 1.29 is 14.1 Å². The molecule has 22 heavy (non-hydrogen) atoms. The molecule has 0 aliphatic carbocycles. The van der Waals surface area contributed by atoms with E-state index in [-0.39, 0.29) is 18.3 Å². The van der Waals surface area contributed by atoms with Gasteiger partial charge in [0.15, 0.2) is 0 Å². The zero-order chi connectivity index (χ0) is 15.6. The van der Waals surface area contributed by atoms with E-state index in [0.717, 1.165) is 0 Å². The van der Waals surface area contributed by atoms with Gasteiger partial charge in [-0.2, -0.15) is 0 Å². The Balaban J connectivity index is 0.00000242. The monoisotopic (exact) mass is 345 g/mol. The van der Waals surface area contributed by atoms with Gasteiger partial charge in [0.2, 0.25) is 0 Å². The number of carbonyl (C=O) groups excluding carboxylic acids is 1. The molecule has 0 aliphatic rings. The van der Waals surface area contributed by atoms with Crippen LogP contribution in [0.15, 0.2) is 22.7 Å². The summed E-state index contributed by atoms with van der Waals surface area (Å²) >= 11 is 5.98. The van der Waals surface area contributed by atoms with E-state index in [0.29, 0.717) is 40.0 Å². The molecule has 2 aromatic rings. The molecule has 8 heteroatoms. The molecule has 0 fully saturated rings. The van der Waals surface area contributed by atoms with Gasteiger partial charge in [-0.3, -0.25) is 4.79 Å². The molecule has 0 unspecified atom stereocenters. The van der Waals surface area contributed by atoms with Crippen LogP contribution in [0, 0.1) is 6.92 Å². The van der Waals surface area contributed by atoms with Crippen LogP contribution in [0.3, 0.4) is 0 Å². The number of anilines is 1. The second kappa shape index (κ2) is 7.38. The number of methoxy groups -OCH3 is 1. The quantitative estimate of drug-likeness (QED) is 0.861. The normalized spacial score (nSPS) is 10.0. The maximum absolute atomic E-state index is 12.5. The van der Waals surface area contributed by atoms with Gasteiger partial charge < -0.3 is 19.9 Å². The minimum atomic E-state index is -0.241. The highest BCUT2D eigenvalue weighted by Crippen LogP contribution is 2.29. The molecule has 0 aliphatic heterocycles. The van der Waals surface area contributed by atoms with Crippen molar-refractivity contribution in [3.63, 3.8) is 0 Å². The van der Waals surface area contributed by atoms with E-state index < -0.39 is 0 Å². The number of ether oxygens (including phenoxy) is 1. The third kappa shape index (κ3) is 3.84. The molecule has 0 saturated carbocycles. The van der Waals surface area contributed by atoms with Crippen molar-refractivity contribution in [2.24, 2.45) is 0 Å². The summed E-state index contributed by atoms with van der Waals surface area (Å²) in [6.45, 7) is 2.11. The number of amides is 1. The van der Waals surface area contributed by atoms with Gasteiger partial charge >= 0.3 is 0 Å². The largest absolute Gasteiger partial charge is 0.496 e. The first-order valence-corrected chi connectivity index (χ1v) is 6.61. The van der Waals surface area contributed by atoms with Crippen molar-refractivity contribution in [1.29, 1.82) is 0 Å². The van der Waals surface area contributed by atoms with Crippen molar-refractivity contribution in [3.8, 4) is 5.75 Å². The standard InChI is InChI=1S/C14H16ClN3O3.ClH/c1-8-4-9(17-21-8)7-18(2)14(19)10-5-11(15)12(16)6-13(10)20-3;/h4-6H,7,16H2,1-3H3;1H. The maximum Gasteiger partial charge on any atom is 0.257 e. The van der Waals surface area contributed by atoms with Crippen LogP contribution in [0.5, 0.6) is 5.75 Å². The minimum Gasteiger partial charge on any atom is -0.496 e. The van der Waals surface area contributed by atoms with Crippen LogP contribution >= 0.6 is 24.0 Å². The van der Waals surface area contributed by atoms with Crippen LogP contribution < -0.4 is 10.5 Å². The first-order chi connectivity index (χ1) is 9.92. The molecule has 1 amide bonds. The SMILES string of the molecule is COc1cc(N)c(Cl)cc1C(=O)N(C)Cc1cc(C)on1.Cl. The van der Waals surface area contributed by atoms with Crippen LogP contribution in [-0.4, -0.2) is 30.1 Å². The average Bonchev–Trinajstić information content (AvgIpc) is 2.85. The van der Waals surface area contributed by atoms with Crippen molar-refractivity contribution >= 4 is 35.6 Å². The zero-order valence-corrected chi connectivity index (χ0v) is 14.0. The van der Waals surface area contributed by atoms with Gasteiger partial charge in [0, 0.05) is 19.2 Å². The molecule has 2 rings (SSSR count). The summed E-state index contributed by atoms with van der Waals surface area (Å²) in [5, 5.41) is 4.17. The summed E-state index contributed by atoms with van der Waals surface area (Å²) in [7, 11) is 3.14. The van der Waals surface area contributed by atoms with Crippen molar-refractivity contribution in [3.05, 3.63) is 40.2 Å². The Labute approximate surface area is 139 Å². The number of nitrogens with two attached hydrogens (primary N) is 1. The van der Waals surface area contributed by atoms with Gasteiger partial charge in [0.1, 0.15) is 17.2 Å². The highest BCUT2D eigenvalue weighted by atomic mass is 35.5. The fraction of sp³-hybridized carbons (Fsp3) is 0.286. The molecule has 1 aromatic heterocycles. The lowest BCUT2D eigenvalue weighted by Gasteiger charge is -2.18. The smallest absolute Gasteiger partial charge is 0.257 e. The molecule has 2 N–H and O–H groups in total. The number of benzene rings is 1. The summed E-state index contributed by atoms with van der Waals surface area (Å²) in [6, 6.07) is 4.81. The molecule has 0 atom stereocenters. The molecule has 0 radical (unpaired) electrons. The molecule has 120 valence electrons. The lowest BCUT2D eigenvalue weighted by atomic mass is 10.1. The van der Waals surface area contributed by atoms with Crippen molar-refractivity contribution in [1.82, 2.24) is 10.1 Å². The number of hydrogen-bond donors (Lipinski definition) is 1. The third-order valence-corrected chi connectivity index (χ3v) is 3.30. The third-order valence-electron chi connectivity index (χ3n) is 2.97. The highest BCUT2D eigenvalue weighted by Gasteiger charge is 2.19. The van der Waals surface area contributed by atoms with Crippen LogP contribution in [0.25, 0.3) is 0 Å². The molecule has 1 heterocycles. The van der Waals surface area contributed by atoms with Gasteiger partial charge in [0.25, 0.3) is 5.91 Å². The molecule has 0 spiro atoms. The Morgan fingerprint density at radius 2 is 2.14 bits per heavy atom. The number of aromatic nitrogens is 1. The lowest BCUT2D eigenvalue weighted by Crippen LogP contribution is -2.26. The Bertz CT molecular complexity index is 673. The van der Waals surface area contributed by atoms with E-state index in [1.165, 1.54) is 24.1 Å². The van der Waals surface area contributed by atoms with Crippen LogP contribution in [-0.2, 0) is 6.54 Å². The first kappa shape index (κ1) is 18.1. The second-order valence-corrected chi connectivity index (χ2v) is 5.07. The van der Waals surface area contributed by atoms with Gasteiger partial charge in [-0.25, -0.2) is 0 Å². The van der Waals surface area contributed by atoms with E-state index in [1.807, 2.05) is 0 Å². The van der Waals surface area contributed by atoms with Crippen LogP contribution in [0.2, 0.25) is 5.02 Å². The molecular weight excluding hydrogens is 329 g/mol. The maximum atomic E-state index is 12.5. The van der Waals surface area contributed by atoms with E-state index in [2.05, 4.69) is 5.16 Å².